The third kappa shape index (κ3) is 5.27. The predicted molar refractivity (Wildman–Crippen MR) is 109 cm³/mol. The summed E-state index contributed by atoms with van der Waals surface area (Å²) in [6, 6.07) is 17.0. The quantitative estimate of drug-likeness (QED) is 0.579. The van der Waals surface area contributed by atoms with Crippen LogP contribution in [0.2, 0.25) is 0 Å². The van der Waals surface area contributed by atoms with Gasteiger partial charge in [0.2, 0.25) is 5.91 Å². The molecule has 28 heavy (non-hydrogen) atoms. The molecular weight excluding hydrogens is 354 g/mol. The largest absolute Gasteiger partial charge is 0.382 e. The smallest absolute Gasteiger partial charge is 0.258 e. The SMILES string of the molecule is CCOCCCC(=O)N(Cc1ccccc1)Cc1nc2ccccc2c(=O)[nH]1. The molecular formula is C22H25N3O3. The first-order chi connectivity index (χ1) is 13.7. The van der Waals surface area contributed by atoms with Gasteiger partial charge >= 0.3 is 0 Å². The number of ether oxygens (including phenoxy) is 1. The second kappa shape index (κ2) is 9.80. The summed E-state index contributed by atoms with van der Waals surface area (Å²) in [6.07, 6.45) is 1.06. The van der Waals surface area contributed by atoms with Crippen LogP contribution >= 0.6 is 0 Å². The van der Waals surface area contributed by atoms with Crippen LogP contribution < -0.4 is 5.56 Å². The molecule has 146 valence electrons. The molecule has 0 spiro atoms. The molecule has 0 bridgehead atoms. The predicted octanol–water partition coefficient (Wildman–Crippen LogP) is 3.27. The van der Waals surface area contributed by atoms with E-state index in [1.54, 1.807) is 17.0 Å². The number of nitrogens with one attached hydrogen (secondary N) is 1. The molecule has 0 fully saturated rings. The molecule has 2 aromatic carbocycles. The van der Waals surface area contributed by atoms with Crippen molar-refractivity contribution in [1.82, 2.24) is 14.9 Å². The number of aromatic nitrogens is 2. The van der Waals surface area contributed by atoms with Crippen molar-refractivity contribution in [2.24, 2.45) is 0 Å². The van der Waals surface area contributed by atoms with Gasteiger partial charge in [-0.15, -0.1) is 0 Å². The molecule has 0 aliphatic rings. The van der Waals surface area contributed by atoms with Gasteiger partial charge in [-0.2, -0.15) is 0 Å². The number of fused-ring (bicyclic) bond motifs is 1. The summed E-state index contributed by atoms with van der Waals surface area (Å²) >= 11 is 0. The fraction of sp³-hybridized carbons (Fsp3) is 0.318. The highest BCUT2D eigenvalue weighted by atomic mass is 16.5. The van der Waals surface area contributed by atoms with Gasteiger partial charge < -0.3 is 14.6 Å². The van der Waals surface area contributed by atoms with Crippen molar-refractivity contribution in [3.63, 3.8) is 0 Å². The number of hydrogen-bond acceptors (Lipinski definition) is 4. The third-order valence-electron chi connectivity index (χ3n) is 4.45. The molecule has 0 saturated heterocycles. The highest BCUT2D eigenvalue weighted by molar-refractivity contribution is 5.78. The molecule has 0 saturated carbocycles. The zero-order valence-corrected chi connectivity index (χ0v) is 16.1. The Hall–Kier alpha value is -2.99. The Morgan fingerprint density at radius 2 is 1.82 bits per heavy atom. The summed E-state index contributed by atoms with van der Waals surface area (Å²) in [6.45, 7) is 3.86. The standard InChI is InChI=1S/C22H25N3O3/c1-2-28-14-8-13-21(26)25(15-17-9-4-3-5-10-17)16-20-23-19-12-7-6-11-18(19)22(27)24-20/h3-7,9-12H,2,8,13-16H2,1H3,(H,23,24,27). The van der Waals surface area contributed by atoms with Gasteiger partial charge in [-0.25, -0.2) is 4.98 Å². The van der Waals surface area contributed by atoms with Crippen molar-refractivity contribution in [2.75, 3.05) is 13.2 Å². The van der Waals surface area contributed by atoms with Gasteiger partial charge in [0.1, 0.15) is 5.82 Å². The van der Waals surface area contributed by atoms with E-state index in [0.29, 0.717) is 49.3 Å². The molecule has 0 unspecified atom stereocenters. The van der Waals surface area contributed by atoms with Crippen molar-refractivity contribution in [3.05, 3.63) is 76.3 Å². The van der Waals surface area contributed by atoms with E-state index in [-0.39, 0.29) is 18.0 Å². The minimum absolute atomic E-state index is 0.0133. The monoisotopic (exact) mass is 379 g/mol. The minimum Gasteiger partial charge on any atom is -0.382 e. The van der Waals surface area contributed by atoms with Gasteiger partial charge in [0, 0.05) is 26.2 Å². The highest BCUT2D eigenvalue weighted by Gasteiger charge is 2.16. The van der Waals surface area contributed by atoms with Crippen LogP contribution in [-0.4, -0.2) is 34.0 Å². The van der Waals surface area contributed by atoms with E-state index in [1.165, 1.54) is 0 Å². The molecule has 0 aliphatic carbocycles. The summed E-state index contributed by atoms with van der Waals surface area (Å²) < 4.78 is 5.33. The molecule has 1 N–H and O–H groups in total. The average molecular weight is 379 g/mol. The zero-order chi connectivity index (χ0) is 19.8. The number of para-hydroxylation sites is 1. The molecule has 6 nitrogen and oxygen atoms in total. The van der Waals surface area contributed by atoms with Gasteiger partial charge in [-0.1, -0.05) is 42.5 Å². The summed E-state index contributed by atoms with van der Waals surface area (Å²) in [4.78, 5) is 34.2. The molecule has 3 aromatic rings. The Morgan fingerprint density at radius 3 is 2.61 bits per heavy atom. The number of hydrogen-bond donors (Lipinski definition) is 1. The van der Waals surface area contributed by atoms with Crippen molar-refractivity contribution in [2.45, 2.75) is 32.9 Å². The number of benzene rings is 2. The topological polar surface area (TPSA) is 75.3 Å². The van der Waals surface area contributed by atoms with E-state index >= 15 is 0 Å². The van der Waals surface area contributed by atoms with Gasteiger partial charge in [0.25, 0.3) is 5.56 Å². The van der Waals surface area contributed by atoms with E-state index in [0.717, 1.165) is 5.56 Å². The van der Waals surface area contributed by atoms with Crippen LogP contribution in [0.3, 0.4) is 0 Å². The Bertz CT molecular complexity index is 969. The van der Waals surface area contributed by atoms with Crippen LogP contribution in [0.15, 0.2) is 59.4 Å². The van der Waals surface area contributed by atoms with Crippen molar-refractivity contribution >= 4 is 16.8 Å². The lowest BCUT2D eigenvalue weighted by Crippen LogP contribution is -2.31. The molecule has 1 aromatic heterocycles. The fourth-order valence-corrected chi connectivity index (χ4v) is 3.05. The Balaban J connectivity index is 1.80. The number of rotatable bonds is 9. The maximum Gasteiger partial charge on any atom is 0.258 e. The van der Waals surface area contributed by atoms with Crippen LogP contribution in [0.5, 0.6) is 0 Å². The molecule has 0 radical (unpaired) electrons. The highest BCUT2D eigenvalue weighted by Crippen LogP contribution is 2.12. The lowest BCUT2D eigenvalue weighted by atomic mass is 10.2. The second-order valence-electron chi connectivity index (χ2n) is 6.57. The molecule has 0 atom stereocenters. The number of carbonyl (C=O) groups is 1. The normalized spacial score (nSPS) is 10.9. The van der Waals surface area contributed by atoms with Crippen molar-refractivity contribution in [1.29, 1.82) is 0 Å². The van der Waals surface area contributed by atoms with Crippen LogP contribution in [0.25, 0.3) is 10.9 Å². The molecule has 1 amide bonds. The lowest BCUT2D eigenvalue weighted by Gasteiger charge is -2.22. The van der Waals surface area contributed by atoms with E-state index in [2.05, 4.69) is 9.97 Å². The van der Waals surface area contributed by atoms with E-state index in [4.69, 9.17) is 4.74 Å². The second-order valence-corrected chi connectivity index (χ2v) is 6.57. The number of H-pyrrole nitrogens is 1. The lowest BCUT2D eigenvalue weighted by molar-refractivity contribution is -0.133. The number of amides is 1. The third-order valence-corrected chi connectivity index (χ3v) is 4.45. The number of nitrogens with zero attached hydrogens (tertiary/aromatic N) is 2. The molecule has 1 heterocycles. The van der Waals surface area contributed by atoms with Crippen LogP contribution in [0.4, 0.5) is 0 Å². The Labute approximate surface area is 164 Å². The van der Waals surface area contributed by atoms with Gasteiger partial charge in [-0.05, 0) is 31.0 Å². The van der Waals surface area contributed by atoms with Crippen LogP contribution in [0.1, 0.15) is 31.2 Å². The van der Waals surface area contributed by atoms with Gasteiger partial charge in [-0.3, -0.25) is 9.59 Å². The molecule has 6 heteroatoms. The first-order valence-electron chi connectivity index (χ1n) is 9.54. The maximum atomic E-state index is 12.8. The van der Waals surface area contributed by atoms with Gasteiger partial charge in [0.05, 0.1) is 17.4 Å². The first kappa shape index (κ1) is 19.8. The fourth-order valence-electron chi connectivity index (χ4n) is 3.05. The summed E-state index contributed by atoms with van der Waals surface area (Å²) in [5, 5.41) is 0.545. The zero-order valence-electron chi connectivity index (χ0n) is 16.1. The van der Waals surface area contributed by atoms with Crippen LogP contribution in [0, 0.1) is 0 Å². The van der Waals surface area contributed by atoms with Crippen molar-refractivity contribution in [3.8, 4) is 0 Å². The number of aromatic amines is 1. The molecule has 0 aliphatic heterocycles. The Kier molecular flexibility index (Phi) is 6.92. The number of carbonyl (C=O) groups excluding carboxylic acids is 1. The van der Waals surface area contributed by atoms with E-state index in [9.17, 15) is 9.59 Å². The first-order valence-corrected chi connectivity index (χ1v) is 9.54. The Morgan fingerprint density at radius 1 is 1.07 bits per heavy atom. The minimum atomic E-state index is -0.191. The summed E-state index contributed by atoms with van der Waals surface area (Å²) in [7, 11) is 0. The average Bonchev–Trinajstić information content (AvgIpc) is 2.71. The maximum absolute atomic E-state index is 12.8. The van der Waals surface area contributed by atoms with Crippen LogP contribution in [-0.2, 0) is 22.6 Å². The summed E-state index contributed by atoms with van der Waals surface area (Å²) in [5.74, 6) is 0.497. The summed E-state index contributed by atoms with van der Waals surface area (Å²) in [5.41, 5.74) is 1.47. The van der Waals surface area contributed by atoms with Crippen molar-refractivity contribution < 1.29 is 9.53 Å². The van der Waals surface area contributed by atoms with E-state index in [1.807, 2.05) is 49.4 Å². The van der Waals surface area contributed by atoms with Gasteiger partial charge in [0.15, 0.2) is 0 Å². The molecule has 3 rings (SSSR count). The van der Waals surface area contributed by atoms with E-state index < -0.39 is 0 Å².